The molecular formula is C13H14N4O4. The van der Waals surface area contributed by atoms with Crippen LogP contribution < -0.4 is 10.6 Å². The topological polar surface area (TPSA) is 117 Å². The van der Waals surface area contributed by atoms with Gasteiger partial charge in [-0.25, -0.2) is 0 Å². The number of ether oxygens (including phenoxy) is 1. The largest absolute Gasteiger partial charge is 0.378 e. The maximum Gasteiger partial charge on any atom is 0.270 e. The second-order valence-corrected chi connectivity index (χ2v) is 4.58. The van der Waals surface area contributed by atoms with E-state index < -0.39 is 4.92 Å². The summed E-state index contributed by atoms with van der Waals surface area (Å²) >= 11 is 0. The number of nitro benzene ring substituents is 1. The summed E-state index contributed by atoms with van der Waals surface area (Å²) in [5.41, 5.74) is 0.141. The standard InChI is InChI=1S/C13H14N4O4/c14-7-9-5-11(17(19)20)1-2-12(9)16-13(18)6-10-8-21-4-3-15-10/h1-2,5,10,15H,3-4,6,8H2,(H,16,18). The van der Waals surface area contributed by atoms with E-state index in [1.165, 1.54) is 12.1 Å². The number of rotatable bonds is 4. The Kier molecular flexibility index (Phi) is 4.81. The molecule has 1 aliphatic rings. The summed E-state index contributed by atoms with van der Waals surface area (Å²) in [4.78, 5) is 22.0. The summed E-state index contributed by atoms with van der Waals surface area (Å²) in [6, 6.07) is 5.52. The number of amides is 1. The minimum Gasteiger partial charge on any atom is -0.378 e. The van der Waals surface area contributed by atoms with E-state index in [2.05, 4.69) is 10.6 Å². The van der Waals surface area contributed by atoms with Crippen LogP contribution in [0.3, 0.4) is 0 Å². The molecule has 0 saturated carbocycles. The first-order chi connectivity index (χ1) is 10.1. The summed E-state index contributed by atoms with van der Waals surface area (Å²) in [5.74, 6) is -0.275. The molecule has 1 unspecified atom stereocenters. The number of nitrogens with one attached hydrogen (secondary N) is 2. The van der Waals surface area contributed by atoms with Crippen molar-refractivity contribution in [3.8, 4) is 6.07 Å². The van der Waals surface area contributed by atoms with Crippen LogP contribution in [0.1, 0.15) is 12.0 Å². The molecule has 8 nitrogen and oxygen atoms in total. The highest BCUT2D eigenvalue weighted by atomic mass is 16.6. The first-order valence-corrected chi connectivity index (χ1v) is 6.39. The number of nitro groups is 1. The van der Waals surface area contributed by atoms with Crippen LogP contribution >= 0.6 is 0 Å². The van der Waals surface area contributed by atoms with Gasteiger partial charge in [-0.3, -0.25) is 14.9 Å². The molecule has 1 atom stereocenters. The van der Waals surface area contributed by atoms with Crippen LogP contribution in [0.4, 0.5) is 11.4 Å². The van der Waals surface area contributed by atoms with Gasteiger partial charge in [0, 0.05) is 31.1 Å². The average Bonchev–Trinajstić information content (AvgIpc) is 2.48. The third kappa shape index (κ3) is 3.98. The van der Waals surface area contributed by atoms with Gasteiger partial charge in [0.05, 0.1) is 29.4 Å². The number of nitrogens with zero attached hydrogens (tertiary/aromatic N) is 2. The predicted molar refractivity (Wildman–Crippen MR) is 73.7 cm³/mol. The van der Waals surface area contributed by atoms with E-state index >= 15 is 0 Å². The maximum absolute atomic E-state index is 11.9. The van der Waals surface area contributed by atoms with Crippen LogP contribution in [0.5, 0.6) is 0 Å². The molecule has 1 fully saturated rings. The molecule has 21 heavy (non-hydrogen) atoms. The smallest absolute Gasteiger partial charge is 0.270 e. The van der Waals surface area contributed by atoms with Gasteiger partial charge in [0.1, 0.15) is 6.07 Å². The van der Waals surface area contributed by atoms with Gasteiger partial charge in [0.15, 0.2) is 0 Å². The Morgan fingerprint density at radius 2 is 2.43 bits per heavy atom. The van der Waals surface area contributed by atoms with E-state index in [0.717, 1.165) is 6.07 Å². The van der Waals surface area contributed by atoms with Gasteiger partial charge >= 0.3 is 0 Å². The van der Waals surface area contributed by atoms with Crippen molar-refractivity contribution in [1.82, 2.24) is 5.32 Å². The number of carbonyl (C=O) groups is 1. The molecular weight excluding hydrogens is 276 g/mol. The highest BCUT2D eigenvalue weighted by molar-refractivity contribution is 5.92. The summed E-state index contributed by atoms with van der Waals surface area (Å²) in [7, 11) is 0. The molecule has 110 valence electrons. The molecule has 1 amide bonds. The van der Waals surface area contributed by atoms with Gasteiger partial charge in [-0.2, -0.15) is 5.26 Å². The van der Waals surface area contributed by atoms with Gasteiger partial charge < -0.3 is 15.4 Å². The zero-order valence-corrected chi connectivity index (χ0v) is 11.2. The fourth-order valence-corrected chi connectivity index (χ4v) is 2.02. The van der Waals surface area contributed by atoms with Gasteiger partial charge in [-0.15, -0.1) is 0 Å². The van der Waals surface area contributed by atoms with Crippen LogP contribution in [-0.2, 0) is 9.53 Å². The highest BCUT2D eigenvalue weighted by Gasteiger charge is 2.18. The number of nitriles is 1. The number of carbonyl (C=O) groups excluding carboxylic acids is 1. The van der Waals surface area contributed by atoms with E-state index in [4.69, 9.17) is 10.00 Å². The van der Waals surface area contributed by atoms with E-state index in [0.29, 0.717) is 19.8 Å². The summed E-state index contributed by atoms with van der Waals surface area (Å²) in [6.45, 7) is 1.77. The fraction of sp³-hybridized carbons (Fsp3) is 0.385. The Labute approximate surface area is 120 Å². The van der Waals surface area contributed by atoms with Gasteiger partial charge in [0.2, 0.25) is 5.91 Å². The average molecular weight is 290 g/mol. The SMILES string of the molecule is N#Cc1cc([N+](=O)[O-])ccc1NC(=O)CC1COCCN1. The number of non-ortho nitro benzene ring substituents is 1. The molecule has 1 aromatic carbocycles. The van der Waals surface area contributed by atoms with Gasteiger partial charge in [-0.05, 0) is 6.07 Å². The first-order valence-electron chi connectivity index (χ1n) is 6.39. The van der Waals surface area contributed by atoms with Crippen LogP contribution in [-0.4, -0.2) is 36.6 Å². The quantitative estimate of drug-likeness (QED) is 0.625. The van der Waals surface area contributed by atoms with Crippen molar-refractivity contribution in [3.05, 3.63) is 33.9 Å². The van der Waals surface area contributed by atoms with Crippen molar-refractivity contribution in [1.29, 1.82) is 5.26 Å². The fourth-order valence-electron chi connectivity index (χ4n) is 2.02. The molecule has 1 heterocycles. The van der Waals surface area contributed by atoms with Crippen molar-refractivity contribution < 1.29 is 14.5 Å². The molecule has 2 N–H and O–H groups in total. The minimum absolute atomic E-state index is 0.0606. The number of morpholine rings is 1. The zero-order valence-electron chi connectivity index (χ0n) is 11.2. The lowest BCUT2D eigenvalue weighted by molar-refractivity contribution is -0.384. The maximum atomic E-state index is 11.9. The number of hydrogen-bond donors (Lipinski definition) is 2. The van der Waals surface area contributed by atoms with Gasteiger partial charge in [-0.1, -0.05) is 0 Å². The molecule has 1 saturated heterocycles. The molecule has 0 radical (unpaired) electrons. The summed E-state index contributed by atoms with van der Waals surface area (Å²) < 4.78 is 5.25. The monoisotopic (exact) mass is 290 g/mol. The Morgan fingerprint density at radius 3 is 3.05 bits per heavy atom. The first kappa shape index (κ1) is 14.9. The lowest BCUT2D eigenvalue weighted by atomic mass is 10.1. The van der Waals surface area contributed by atoms with Crippen molar-refractivity contribution in [2.75, 3.05) is 25.1 Å². The molecule has 2 rings (SSSR count). The van der Waals surface area contributed by atoms with E-state index in [9.17, 15) is 14.9 Å². The molecule has 8 heteroatoms. The van der Waals surface area contributed by atoms with Crippen LogP contribution in [0, 0.1) is 21.4 Å². The van der Waals surface area contributed by atoms with Crippen molar-refractivity contribution >= 4 is 17.3 Å². The molecule has 1 aromatic rings. The number of hydrogen-bond acceptors (Lipinski definition) is 6. The third-order valence-corrected chi connectivity index (χ3v) is 3.04. The lowest BCUT2D eigenvalue weighted by Gasteiger charge is -2.23. The van der Waals surface area contributed by atoms with Crippen LogP contribution in [0.2, 0.25) is 0 Å². The third-order valence-electron chi connectivity index (χ3n) is 3.04. The predicted octanol–water partition coefficient (Wildman–Crippen LogP) is 0.783. The van der Waals surface area contributed by atoms with Gasteiger partial charge in [0.25, 0.3) is 5.69 Å². The van der Waals surface area contributed by atoms with Crippen molar-refractivity contribution in [2.45, 2.75) is 12.5 Å². The lowest BCUT2D eigenvalue weighted by Crippen LogP contribution is -2.43. The number of benzene rings is 1. The summed E-state index contributed by atoms with van der Waals surface area (Å²) in [6.07, 6.45) is 0.210. The Bertz CT molecular complexity index is 590. The number of anilines is 1. The van der Waals surface area contributed by atoms with E-state index in [-0.39, 0.29) is 35.3 Å². The second-order valence-electron chi connectivity index (χ2n) is 4.58. The second kappa shape index (κ2) is 6.78. The normalized spacial score (nSPS) is 17.8. The Morgan fingerprint density at radius 1 is 1.62 bits per heavy atom. The van der Waals surface area contributed by atoms with Crippen molar-refractivity contribution in [3.63, 3.8) is 0 Å². The molecule has 0 aromatic heterocycles. The van der Waals surface area contributed by atoms with Crippen LogP contribution in [0.25, 0.3) is 0 Å². The molecule has 0 spiro atoms. The zero-order chi connectivity index (χ0) is 15.2. The van der Waals surface area contributed by atoms with E-state index in [1.807, 2.05) is 6.07 Å². The Balaban J connectivity index is 2.03. The summed E-state index contributed by atoms with van der Waals surface area (Å²) in [5, 5.41) is 25.4. The Hall–Kier alpha value is -2.50. The highest BCUT2D eigenvalue weighted by Crippen LogP contribution is 2.21. The van der Waals surface area contributed by atoms with E-state index in [1.54, 1.807) is 0 Å². The van der Waals surface area contributed by atoms with Crippen molar-refractivity contribution in [2.24, 2.45) is 0 Å². The molecule has 1 aliphatic heterocycles. The molecule has 0 aliphatic carbocycles. The van der Waals surface area contributed by atoms with Crippen LogP contribution in [0.15, 0.2) is 18.2 Å². The molecule has 0 bridgehead atoms. The minimum atomic E-state index is -0.588.